The number of rotatable bonds is 4. The van der Waals surface area contributed by atoms with Crippen LogP contribution in [-0.2, 0) is 11.4 Å². The predicted octanol–water partition coefficient (Wildman–Crippen LogP) is 3.11. The molecule has 0 aromatic heterocycles. The van der Waals surface area contributed by atoms with Gasteiger partial charge in [-0.2, -0.15) is 0 Å². The Morgan fingerprint density at radius 3 is 2.61 bits per heavy atom. The first-order chi connectivity index (χ1) is 8.47. The molecule has 0 amide bonds. The zero-order chi connectivity index (χ0) is 13.2. The van der Waals surface area contributed by atoms with Crippen molar-refractivity contribution < 1.29 is 9.29 Å². The van der Waals surface area contributed by atoms with E-state index in [4.69, 9.17) is 4.74 Å². The van der Waals surface area contributed by atoms with Crippen LogP contribution in [0.25, 0.3) is 0 Å². The SMILES string of the molecule is CC(C)(C)[S+]([O-])N=Cc1ccccc1OC1CC1. The normalized spacial score (nSPS) is 18.0. The summed E-state index contributed by atoms with van der Waals surface area (Å²) in [5.41, 5.74) is 0.891. The van der Waals surface area contributed by atoms with Crippen LogP contribution in [0, 0.1) is 0 Å². The minimum absolute atomic E-state index is 0.331. The van der Waals surface area contributed by atoms with Crippen LogP contribution >= 0.6 is 0 Å². The van der Waals surface area contributed by atoms with E-state index in [-0.39, 0.29) is 4.75 Å². The molecular formula is C14H19NO2S. The maximum absolute atomic E-state index is 11.9. The standard InChI is InChI=1S/C14H19NO2S/c1-14(2,3)18(16)15-10-11-6-4-5-7-13(11)17-12-8-9-12/h4-7,10,12H,8-9H2,1-3H3. The van der Waals surface area contributed by atoms with Gasteiger partial charge in [0.2, 0.25) is 0 Å². The third kappa shape index (κ3) is 3.75. The summed E-state index contributed by atoms with van der Waals surface area (Å²) in [7, 11) is 0. The first-order valence-corrected chi connectivity index (χ1v) is 7.29. The molecule has 1 fully saturated rings. The molecule has 1 aliphatic rings. The van der Waals surface area contributed by atoms with Gasteiger partial charge >= 0.3 is 0 Å². The Bertz CT molecular complexity index is 436. The minimum atomic E-state index is -1.23. The van der Waals surface area contributed by atoms with E-state index >= 15 is 0 Å². The molecule has 1 aromatic carbocycles. The summed E-state index contributed by atoms with van der Waals surface area (Å²) in [4.78, 5) is 0. The van der Waals surface area contributed by atoms with Gasteiger partial charge in [-0.25, -0.2) is 0 Å². The third-order valence-corrected chi connectivity index (χ3v) is 3.89. The number of hydrogen-bond donors (Lipinski definition) is 0. The largest absolute Gasteiger partial charge is 0.591 e. The van der Waals surface area contributed by atoms with Crippen molar-refractivity contribution in [3.05, 3.63) is 29.8 Å². The van der Waals surface area contributed by atoms with Crippen molar-refractivity contribution in [2.75, 3.05) is 0 Å². The molecule has 1 aliphatic carbocycles. The average molecular weight is 265 g/mol. The van der Waals surface area contributed by atoms with Crippen LogP contribution in [0.15, 0.2) is 28.7 Å². The van der Waals surface area contributed by atoms with Gasteiger partial charge in [0.15, 0.2) is 0 Å². The first-order valence-electron chi connectivity index (χ1n) is 6.18. The molecule has 0 heterocycles. The first kappa shape index (κ1) is 13.4. The fraction of sp³-hybridized carbons (Fsp3) is 0.500. The van der Waals surface area contributed by atoms with Crippen LogP contribution in [-0.4, -0.2) is 21.6 Å². The number of para-hydroxylation sites is 1. The molecule has 0 spiro atoms. The molecule has 2 rings (SSSR count). The van der Waals surface area contributed by atoms with Crippen molar-refractivity contribution in [3.8, 4) is 5.75 Å². The number of ether oxygens (including phenoxy) is 1. The van der Waals surface area contributed by atoms with Gasteiger partial charge in [0.1, 0.15) is 21.9 Å². The van der Waals surface area contributed by atoms with Crippen LogP contribution in [0.5, 0.6) is 5.75 Å². The van der Waals surface area contributed by atoms with Crippen LogP contribution in [0.4, 0.5) is 0 Å². The molecular weight excluding hydrogens is 246 g/mol. The summed E-state index contributed by atoms with van der Waals surface area (Å²) in [6.07, 6.45) is 4.25. The summed E-state index contributed by atoms with van der Waals surface area (Å²) in [6.45, 7) is 5.73. The zero-order valence-corrected chi connectivity index (χ0v) is 11.9. The van der Waals surface area contributed by atoms with Gasteiger partial charge in [0.25, 0.3) is 0 Å². The smallest absolute Gasteiger partial charge is 0.144 e. The molecule has 0 aliphatic heterocycles. The summed E-state index contributed by atoms with van der Waals surface area (Å²) in [6, 6.07) is 7.73. The molecule has 0 saturated heterocycles. The molecule has 0 bridgehead atoms. The topological polar surface area (TPSA) is 44.7 Å². The lowest BCUT2D eigenvalue weighted by Crippen LogP contribution is -2.25. The Kier molecular flexibility index (Phi) is 3.97. The highest BCUT2D eigenvalue weighted by molar-refractivity contribution is 7.91. The van der Waals surface area contributed by atoms with Gasteiger partial charge in [-0.15, -0.1) is 0 Å². The van der Waals surface area contributed by atoms with Crippen molar-refractivity contribution in [2.24, 2.45) is 4.40 Å². The lowest BCUT2D eigenvalue weighted by molar-refractivity contribution is 0.303. The van der Waals surface area contributed by atoms with Gasteiger partial charge in [0.05, 0.1) is 12.3 Å². The van der Waals surface area contributed by atoms with Crippen molar-refractivity contribution in [1.29, 1.82) is 0 Å². The van der Waals surface area contributed by atoms with Crippen molar-refractivity contribution in [1.82, 2.24) is 0 Å². The Balaban J connectivity index is 2.10. The molecule has 3 nitrogen and oxygen atoms in total. The Hall–Kier alpha value is -1.00. The maximum atomic E-state index is 11.9. The fourth-order valence-electron chi connectivity index (χ4n) is 1.32. The molecule has 0 N–H and O–H groups in total. The second kappa shape index (κ2) is 5.33. The van der Waals surface area contributed by atoms with E-state index in [1.54, 1.807) is 6.21 Å². The van der Waals surface area contributed by atoms with E-state index in [9.17, 15) is 4.55 Å². The van der Waals surface area contributed by atoms with Gasteiger partial charge in [-0.3, -0.25) is 0 Å². The quantitative estimate of drug-likeness (QED) is 0.620. The highest BCUT2D eigenvalue weighted by Crippen LogP contribution is 2.28. The van der Waals surface area contributed by atoms with Gasteiger partial charge in [-0.05, 0) is 45.7 Å². The van der Waals surface area contributed by atoms with E-state index < -0.39 is 11.4 Å². The van der Waals surface area contributed by atoms with Gasteiger partial charge in [0, 0.05) is 5.56 Å². The van der Waals surface area contributed by atoms with Gasteiger partial charge in [-0.1, -0.05) is 16.5 Å². The molecule has 1 saturated carbocycles. The van der Waals surface area contributed by atoms with E-state index in [1.807, 2.05) is 45.0 Å². The highest BCUT2D eigenvalue weighted by atomic mass is 32.2. The lowest BCUT2D eigenvalue weighted by Gasteiger charge is -2.17. The van der Waals surface area contributed by atoms with Crippen molar-refractivity contribution >= 4 is 17.6 Å². The van der Waals surface area contributed by atoms with E-state index in [0.29, 0.717) is 6.10 Å². The van der Waals surface area contributed by atoms with E-state index in [0.717, 1.165) is 24.2 Å². The Morgan fingerprint density at radius 1 is 1.33 bits per heavy atom. The molecule has 0 radical (unpaired) electrons. The fourth-order valence-corrected chi connectivity index (χ4v) is 1.85. The van der Waals surface area contributed by atoms with Crippen LogP contribution in [0.1, 0.15) is 39.2 Å². The molecule has 4 heteroatoms. The Morgan fingerprint density at radius 2 is 2.00 bits per heavy atom. The maximum Gasteiger partial charge on any atom is 0.144 e. The summed E-state index contributed by atoms with van der Waals surface area (Å²) < 4.78 is 21.4. The van der Waals surface area contributed by atoms with Gasteiger partial charge < -0.3 is 9.29 Å². The summed E-state index contributed by atoms with van der Waals surface area (Å²) >= 11 is -1.23. The third-order valence-electron chi connectivity index (χ3n) is 2.55. The van der Waals surface area contributed by atoms with Crippen LogP contribution in [0.3, 0.4) is 0 Å². The van der Waals surface area contributed by atoms with E-state index in [1.165, 1.54) is 0 Å². The average Bonchev–Trinajstić information content (AvgIpc) is 3.10. The molecule has 1 atom stereocenters. The second-order valence-electron chi connectivity index (χ2n) is 5.45. The predicted molar refractivity (Wildman–Crippen MR) is 75.6 cm³/mol. The second-order valence-corrected chi connectivity index (χ2v) is 7.38. The Labute approximate surface area is 112 Å². The van der Waals surface area contributed by atoms with Crippen LogP contribution in [0.2, 0.25) is 0 Å². The molecule has 18 heavy (non-hydrogen) atoms. The minimum Gasteiger partial charge on any atom is -0.591 e. The summed E-state index contributed by atoms with van der Waals surface area (Å²) in [5, 5.41) is 0. The lowest BCUT2D eigenvalue weighted by atomic mass is 10.2. The number of benzene rings is 1. The van der Waals surface area contributed by atoms with Crippen LogP contribution < -0.4 is 4.74 Å². The van der Waals surface area contributed by atoms with E-state index in [2.05, 4.69) is 4.40 Å². The monoisotopic (exact) mass is 265 g/mol. The molecule has 1 unspecified atom stereocenters. The van der Waals surface area contributed by atoms with Crippen molar-refractivity contribution in [3.63, 3.8) is 0 Å². The van der Waals surface area contributed by atoms with Crippen molar-refractivity contribution in [2.45, 2.75) is 44.5 Å². The number of nitrogens with zero attached hydrogens (tertiary/aromatic N) is 1. The summed E-state index contributed by atoms with van der Waals surface area (Å²) in [5.74, 6) is 0.828. The molecule has 98 valence electrons. The number of hydrogen-bond acceptors (Lipinski definition) is 3. The molecule has 1 aromatic rings. The zero-order valence-electron chi connectivity index (χ0n) is 11.1. The highest BCUT2D eigenvalue weighted by Gasteiger charge is 2.26.